The summed E-state index contributed by atoms with van der Waals surface area (Å²) in [5, 5.41) is 0. The maximum absolute atomic E-state index is 3.63. The highest BCUT2D eigenvalue weighted by molar-refractivity contribution is 4.95. The molecule has 1 aliphatic rings. The molecule has 0 aromatic rings. The Labute approximate surface area is 45.2 Å². The SMILES string of the molecule is C=C[CH]C1CCC1. The Balaban J connectivity index is 2.03. The zero-order valence-corrected chi connectivity index (χ0v) is 4.56. The first-order valence-electron chi connectivity index (χ1n) is 2.89. The van der Waals surface area contributed by atoms with Crippen LogP contribution in [-0.4, -0.2) is 0 Å². The molecule has 0 heteroatoms. The highest BCUT2D eigenvalue weighted by Crippen LogP contribution is 2.28. The summed E-state index contributed by atoms with van der Waals surface area (Å²) < 4.78 is 0. The molecule has 0 aromatic carbocycles. The predicted octanol–water partition coefficient (Wildman–Crippen LogP) is 2.18. The summed E-state index contributed by atoms with van der Waals surface area (Å²) in [7, 11) is 0. The zero-order chi connectivity index (χ0) is 5.11. The van der Waals surface area contributed by atoms with Crippen molar-refractivity contribution in [2.45, 2.75) is 19.3 Å². The summed E-state index contributed by atoms with van der Waals surface area (Å²) in [6.07, 6.45) is 8.32. The van der Waals surface area contributed by atoms with E-state index in [0.717, 1.165) is 5.92 Å². The largest absolute Gasteiger partial charge is 0.103 e. The number of hydrogen-bond acceptors (Lipinski definition) is 0. The molecule has 0 N–H and O–H groups in total. The van der Waals surface area contributed by atoms with Gasteiger partial charge in [-0.05, 0) is 25.2 Å². The molecular weight excluding hydrogens is 84.1 g/mol. The van der Waals surface area contributed by atoms with Gasteiger partial charge in [0.1, 0.15) is 0 Å². The molecule has 0 atom stereocenters. The normalized spacial score (nSPS) is 21.1. The van der Waals surface area contributed by atoms with Gasteiger partial charge < -0.3 is 0 Å². The van der Waals surface area contributed by atoms with Crippen molar-refractivity contribution in [3.8, 4) is 0 Å². The molecule has 0 aliphatic heterocycles. The topological polar surface area (TPSA) is 0 Å². The molecular formula is C7H11. The minimum Gasteiger partial charge on any atom is -0.103 e. The van der Waals surface area contributed by atoms with Crippen LogP contribution in [0, 0.1) is 12.3 Å². The van der Waals surface area contributed by atoms with Gasteiger partial charge in [-0.15, -0.1) is 6.58 Å². The Kier molecular flexibility index (Phi) is 1.50. The minimum atomic E-state index is 0.887. The van der Waals surface area contributed by atoms with Crippen LogP contribution in [0.2, 0.25) is 0 Å². The molecule has 1 radical (unpaired) electrons. The Morgan fingerprint density at radius 3 is 2.29 bits per heavy atom. The second kappa shape index (κ2) is 2.15. The third-order valence-electron chi connectivity index (χ3n) is 1.56. The molecule has 1 saturated carbocycles. The van der Waals surface area contributed by atoms with Crippen molar-refractivity contribution in [1.29, 1.82) is 0 Å². The zero-order valence-electron chi connectivity index (χ0n) is 4.56. The summed E-state index contributed by atoms with van der Waals surface area (Å²) in [4.78, 5) is 0. The third kappa shape index (κ3) is 1.05. The average molecular weight is 95.2 g/mol. The van der Waals surface area contributed by atoms with Gasteiger partial charge in [0.2, 0.25) is 0 Å². The lowest BCUT2D eigenvalue weighted by atomic mass is 9.83. The van der Waals surface area contributed by atoms with Crippen LogP contribution in [-0.2, 0) is 0 Å². The van der Waals surface area contributed by atoms with E-state index in [9.17, 15) is 0 Å². The van der Waals surface area contributed by atoms with Gasteiger partial charge >= 0.3 is 0 Å². The van der Waals surface area contributed by atoms with Crippen molar-refractivity contribution in [3.05, 3.63) is 19.1 Å². The van der Waals surface area contributed by atoms with E-state index < -0.39 is 0 Å². The molecule has 0 nitrogen and oxygen atoms in total. The monoisotopic (exact) mass is 95.1 g/mol. The lowest BCUT2D eigenvalue weighted by molar-refractivity contribution is 0.370. The van der Waals surface area contributed by atoms with Gasteiger partial charge in [0.05, 0.1) is 0 Å². The van der Waals surface area contributed by atoms with Crippen LogP contribution in [0.15, 0.2) is 12.7 Å². The number of rotatable bonds is 2. The summed E-state index contributed by atoms with van der Waals surface area (Å²) in [6, 6.07) is 0. The Morgan fingerprint density at radius 2 is 2.14 bits per heavy atom. The van der Waals surface area contributed by atoms with Crippen LogP contribution in [0.1, 0.15) is 19.3 Å². The molecule has 0 unspecified atom stereocenters. The van der Waals surface area contributed by atoms with Crippen molar-refractivity contribution < 1.29 is 0 Å². The fourth-order valence-electron chi connectivity index (χ4n) is 0.825. The van der Waals surface area contributed by atoms with E-state index in [-0.39, 0.29) is 0 Å². The van der Waals surface area contributed by atoms with E-state index in [1.54, 1.807) is 0 Å². The minimum absolute atomic E-state index is 0.887. The average Bonchev–Trinajstić information content (AvgIpc) is 1.55. The highest BCUT2D eigenvalue weighted by atomic mass is 14.2. The Morgan fingerprint density at radius 1 is 1.43 bits per heavy atom. The van der Waals surface area contributed by atoms with Crippen LogP contribution in [0.25, 0.3) is 0 Å². The first-order valence-corrected chi connectivity index (χ1v) is 2.89. The molecule has 0 heterocycles. The van der Waals surface area contributed by atoms with E-state index in [1.165, 1.54) is 19.3 Å². The fourth-order valence-corrected chi connectivity index (χ4v) is 0.825. The van der Waals surface area contributed by atoms with Crippen LogP contribution in [0.4, 0.5) is 0 Å². The van der Waals surface area contributed by atoms with Crippen molar-refractivity contribution in [2.24, 2.45) is 5.92 Å². The quantitative estimate of drug-likeness (QED) is 0.493. The second-order valence-electron chi connectivity index (χ2n) is 2.12. The van der Waals surface area contributed by atoms with Gasteiger partial charge in [-0.1, -0.05) is 12.5 Å². The van der Waals surface area contributed by atoms with Gasteiger partial charge in [0.25, 0.3) is 0 Å². The number of hydrogen-bond donors (Lipinski definition) is 0. The van der Waals surface area contributed by atoms with E-state index in [0.29, 0.717) is 0 Å². The molecule has 1 aliphatic carbocycles. The van der Waals surface area contributed by atoms with Crippen molar-refractivity contribution in [2.75, 3.05) is 0 Å². The number of allylic oxidation sites excluding steroid dienone is 1. The summed E-state index contributed by atoms with van der Waals surface area (Å²) in [5.74, 6) is 0.887. The molecule has 0 spiro atoms. The molecule has 1 fully saturated rings. The smallest absolute Gasteiger partial charge is 0.0142 e. The van der Waals surface area contributed by atoms with Gasteiger partial charge in [0.15, 0.2) is 0 Å². The molecule has 1 rings (SSSR count). The van der Waals surface area contributed by atoms with Crippen LogP contribution in [0.3, 0.4) is 0 Å². The first-order chi connectivity index (χ1) is 3.43. The Hall–Kier alpha value is -0.260. The summed E-state index contributed by atoms with van der Waals surface area (Å²) in [5.41, 5.74) is 0. The molecule has 0 bridgehead atoms. The van der Waals surface area contributed by atoms with Crippen LogP contribution in [0.5, 0.6) is 0 Å². The van der Waals surface area contributed by atoms with Gasteiger partial charge in [-0.25, -0.2) is 0 Å². The second-order valence-corrected chi connectivity index (χ2v) is 2.12. The summed E-state index contributed by atoms with van der Waals surface area (Å²) >= 11 is 0. The first kappa shape index (κ1) is 4.89. The maximum atomic E-state index is 3.63. The fraction of sp³-hybridized carbons (Fsp3) is 0.571. The highest BCUT2D eigenvalue weighted by Gasteiger charge is 2.14. The van der Waals surface area contributed by atoms with E-state index >= 15 is 0 Å². The molecule has 0 amide bonds. The standard InChI is InChI=1S/C7H11/c1-2-4-7-5-3-6-7/h2,4,7H,1,3,5-6H2. The van der Waals surface area contributed by atoms with Crippen LogP contribution < -0.4 is 0 Å². The third-order valence-corrected chi connectivity index (χ3v) is 1.56. The molecule has 0 aromatic heterocycles. The molecule has 7 heavy (non-hydrogen) atoms. The predicted molar refractivity (Wildman–Crippen MR) is 31.8 cm³/mol. The van der Waals surface area contributed by atoms with E-state index in [1.807, 2.05) is 6.08 Å². The van der Waals surface area contributed by atoms with Crippen LogP contribution >= 0.6 is 0 Å². The van der Waals surface area contributed by atoms with Gasteiger partial charge in [-0.2, -0.15) is 0 Å². The molecule has 0 saturated heterocycles. The van der Waals surface area contributed by atoms with E-state index in [4.69, 9.17) is 0 Å². The Bertz CT molecular complexity index is 60.4. The summed E-state index contributed by atoms with van der Waals surface area (Å²) in [6.45, 7) is 3.63. The van der Waals surface area contributed by atoms with Crippen molar-refractivity contribution in [3.63, 3.8) is 0 Å². The lowest BCUT2D eigenvalue weighted by Crippen LogP contribution is -2.09. The van der Waals surface area contributed by atoms with Crippen molar-refractivity contribution in [1.82, 2.24) is 0 Å². The lowest BCUT2D eigenvalue weighted by Gasteiger charge is -2.22. The van der Waals surface area contributed by atoms with Gasteiger partial charge in [0, 0.05) is 0 Å². The van der Waals surface area contributed by atoms with E-state index in [2.05, 4.69) is 13.0 Å². The van der Waals surface area contributed by atoms with Crippen molar-refractivity contribution >= 4 is 0 Å². The molecule has 39 valence electrons. The maximum Gasteiger partial charge on any atom is -0.0142 e. The van der Waals surface area contributed by atoms with Gasteiger partial charge in [-0.3, -0.25) is 0 Å².